The second kappa shape index (κ2) is 10.7. The predicted octanol–water partition coefficient (Wildman–Crippen LogP) is 6.44. The summed E-state index contributed by atoms with van der Waals surface area (Å²) in [6, 6.07) is 20.8. The van der Waals surface area contributed by atoms with Gasteiger partial charge in [-0.05, 0) is 21.0 Å². The molecule has 0 aliphatic carbocycles. The summed E-state index contributed by atoms with van der Waals surface area (Å²) < 4.78 is 0. The van der Waals surface area contributed by atoms with Crippen molar-refractivity contribution in [3.05, 3.63) is 83.9 Å². The highest BCUT2D eigenvalue weighted by Gasteiger charge is 1.89. The van der Waals surface area contributed by atoms with E-state index in [0.29, 0.717) is 0 Å². The highest BCUT2D eigenvalue weighted by atomic mass is 33.5. The predicted molar refractivity (Wildman–Crippen MR) is 103 cm³/mol. The molecule has 3 heteroatoms. The Hall–Kier alpha value is -1.03. The summed E-state index contributed by atoms with van der Waals surface area (Å²) in [5.41, 5.74) is 2.53. The van der Waals surface area contributed by atoms with Crippen molar-refractivity contribution in [1.82, 2.24) is 0 Å². The highest BCUT2D eigenvalue weighted by molar-refractivity contribution is 9.09. The van der Waals surface area contributed by atoms with Crippen LogP contribution in [0.2, 0.25) is 0 Å². The summed E-state index contributed by atoms with van der Waals surface area (Å²) >= 11 is 0. The minimum Gasteiger partial charge on any atom is -0.0784 e. The van der Waals surface area contributed by atoms with E-state index in [1.807, 2.05) is 43.5 Å². The number of hydrogen-bond donors (Lipinski definition) is 0. The number of benzene rings is 2. The quantitative estimate of drug-likeness (QED) is 0.403. The van der Waals surface area contributed by atoms with E-state index in [-0.39, 0.29) is 0 Å². The molecular weight excluding hydrogens is 312 g/mol. The molecule has 0 bridgehead atoms. The van der Waals surface area contributed by atoms with Crippen LogP contribution >= 0.6 is 31.4 Å². The molecule has 0 aromatic heterocycles. The fourth-order valence-corrected chi connectivity index (χ4v) is 4.81. The van der Waals surface area contributed by atoms with Gasteiger partial charge in [0.2, 0.25) is 0 Å². The highest BCUT2D eigenvalue weighted by Crippen LogP contribution is 2.34. The fourth-order valence-electron chi connectivity index (χ4n) is 1.66. The first-order valence-corrected chi connectivity index (χ1v) is 10.6. The van der Waals surface area contributed by atoms with Crippen LogP contribution in [0.4, 0.5) is 0 Å². The lowest BCUT2D eigenvalue weighted by molar-refractivity contribution is 1.65. The van der Waals surface area contributed by atoms with Crippen LogP contribution in [0.1, 0.15) is 11.1 Å². The average molecular weight is 331 g/mol. The molecule has 0 amide bonds. The maximum atomic E-state index is 2.22. The Kier molecular flexibility index (Phi) is 8.30. The molecule has 0 spiro atoms. The Bertz CT molecular complexity index is 496. The summed E-state index contributed by atoms with van der Waals surface area (Å²) in [6.07, 6.45) is 8.78. The molecule has 0 saturated carbocycles. The van der Waals surface area contributed by atoms with Crippen LogP contribution < -0.4 is 0 Å². The molecule has 0 aliphatic heterocycles. The molecule has 0 atom stereocenters. The van der Waals surface area contributed by atoms with Crippen LogP contribution in [0, 0.1) is 0 Å². The van der Waals surface area contributed by atoms with E-state index in [2.05, 4.69) is 72.8 Å². The summed E-state index contributed by atoms with van der Waals surface area (Å²) in [7, 11) is 5.61. The Morgan fingerprint density at radius 1 is 0.619 bits per heavy atom. The first-order chi connectivity index (χ1) is 10.4. The van der Waals surface area contributed by atoms with Gasteiger partial charge in [0.15, 0.2) is 0 Å². The van der Waals surface area contributed by atoms with Crippen molar-refractivity contribution in [2.75, 3.05) is 11.5 Å². The normalized spacial score (nSPS) is 11.4. The van der Waals surface area contributed by atoms with Crippen LogP contribution in [0.3, 0.4) is 0 Å². The van der Waals surface area contributed by atoms with Gasteiger partial charge in [0.25, 0.3) is 0 Å². The van der Waals surface area contributed by atoms with Crippen molar-refractivity contribution in [3.8, 4) is 0 Å². The zero-order valence-corrected chi connectivity index (χ0v) is 14.2. The van der Waals surface area contributed by atoms with Gasteiger partial charge in [0, 0.05) is 11.5 Å². The molecule has 108 valence electrons. The Morgan fingerprint density at radius 2 is 1.05 bits per heavy atom. The van der Waals surface area contributed by atoms with Gasteiger partial charge in [0.1, 0.15) is 0 Å². The first-order valence-electron chi connectivity index (χ1n) is 6.79. The van der Waals surface area contributed by atoms with Gasteiger partial charge in [-0.2, -0.15) is 0 Å². The molecule has 0 heterocycles. The summed E-state index contributed by atoms with van der Waals surface area (Å²) in [6.45, 7) is 0. The van der Waals surface area contributed by atoms with Gasteiger partial charge >= 0.3 is 0 Å². The number of hydrogen-bond acceptors (Lipinski definition) is 3. The second-order valence-electron chi connectivity index (χ2n) is 4.26. The largest absolute Gasteiger partial charge is 0.0784 e. The van der Waals surface area contributed by atoms with E-state index >= 15 is 0 Å². The minimum absolute atomic E-state index is 1.04. The third kappa shape index (κ3) is 7.51. The summed E-state index contributed by atoms with van der Waals surface area (Å²) in [5, 5.41) is 0. The van der Waals surface area contributed by atoms with Crippen LogP contribution in [0.15, 0.2) is 72.8 Å². The smallest absolute Gasteiger partial charge is 0.0229 e. The summed E-state index contributed by atoms with van der Waals surface area (Å²) in [4.78, 5) is 0. The molecular formula is C18H18S3. The third-order valence-corrected chi connectivity index (χ3v) is 6.62. The van der Waals surface area contributed by atoms with E-state index in [4.69, 9.17) is 0 Å². The van der Waals surface area contributed by atoms with Crippen LogP contribution in [-0.4, -0.2) is 11.5 Å². The molecule has 0 aliphatic rings. The maximum Gasteiger partial charge on any atom is 0.0229 e. The fraction of sp³-hybridized carbons (Fsp3) is 0.111. The van der Waals surface area contributed by atoms with Crippen LogP contribution in [0.5, 0.6) is 0 Å². The van der Waals surface area contributed by atoms with Gasteiger partial charge < -0.3 is 0 Å². The molecule has 21 heavy (non-hydrogen) atoms. The average Bonchev–Trinajstić information content (AvgIpc) is 2.55. The Morgan fingerprint density at radius 3 is 1.48 bits per heavy atom. The van der Waals surface area contributed by atoms with Crippen LogP contribution in [-0.2, 0) is 0 Å². The Balaban J connectivity index is 1.52. The molecule has 0 nitrogen and oxygen atoms in total. The molecule has 2 rings (SSSR count). The first kappa shape index (κ1) is 16.3. The molecule has 0 saturated heterocycles. The summed E-state index contributed by atoms with van der Waals surface area (Å²) in [5.74, 6) is 2.07. The van der Waals surface area contributed by atoms with Gasteiger partial charge in [-0.3, -0.25) is 0 Å². The van der Waals surface area contributed by atoms with Gasteiger partial charge in [-0.25, -0.2) is 0 Å². The lowest BCUT2D eigenvalue weighted by Crippen LogP contribution is -1.71. The lowest BCUT2D eigenvalue weighted by atomic mass is 10.2. The van der Waals surface area contributed by atoms with Gasteiger partial charge in [-0.15, -0.1) is 0 Å². The molecule has 0 unspecified atom stereocenters. The van der Waals surface area contributed by atoms with Crippen molar-refractivity contribution in [2.45, 2.75) is 0 Å². The zero-order valence-electron chi connectivity index (χ0n) is 11.7. The van der Waals surface area contributed by atoms with E-state index in [0.717, 1.165) is 11.5 Å². The van der Waals surface area contributed by atoms with E-state index < -0.39 is 0 Å². The van der Waals surface area contributed by atoms with Crippen molar-refractivity contribution < 1.29 is 0 Å². The van der Waals surface area contributed by atoms with E-state index in [1.165, 1.54) is 11.1 Å². The molecule has 2 aromatic rings. The van der Waals surface area contributed by atoms with Crippen molar-refractivity contribution >= 4 is 43.6 Å². The van der Waals surface area contributed by atoms with E-state index in [1.54, 1.807) is 0 Å². The maximum absolute atomic E-state index is 2.22. The van der Waals surface area contributed by atoms with Crippen LogP contribution in [0.25, 0.3) is 12.2 Å². The van der Waals surface area contributed by atoms with Gasteiger partial charge in [-0.1, -0.05) is 107 Å². The molecule has 0 N–H and O–H groups in total. The molecule has 0 radical (unpaired) electrons. The number of rotatable bonds is 8. The zero-order chi connectivity index (χ0) is 14.6. The standard InChI is InChI=1S/C18H18S3/c1-3-9-17(10-4-1)13-7-15-19-21-20-16-8-14-18-11-5-2-6-12-18/h1-14H,15-16H2. The van der Waals surface area contributed by atoms with Crippen molar-refractivity contribution in [2.24, 2.45) is 0 Å². The molecule has 0 fully saturated rings. The minimum atomic E-state index is 1.04. The van der Waals surface area contributed by atoms with Gasteiger partial charge in [0.05, 0.1) is 0 Å². The van der Waals surface area contributed by atoms with Crippen molar-refractivity contribution in [3.63, 3.8) is 0 Å². The topological polar surface area (TPSA) is 0 Å². The van der Waals surface area contributed by atoms with E-state index in [9.17, 15) is 0 Å². The SMILES string of the molecule is C(=Cc1ccccc1)CSSSCC=Cc1ccccc1. The lowest BCUT2D eigenvalue weighted by Gasteiger charge is -1.95. The second-order valence-corrected chi connectivity index (χ2v) is 8.58. The Labute approximate surface area is 138 Å². The third-order valence-electron chi connectivity index (χ3n) is 2.64. The van der Waals surface area contributed by atoms with Crippen molar-refractivity contribution in [1.29, 1.82) is 0 Å². The monoisotopic (exact) mass is 330 g/mol. The molecule has 2 aromatic carbocycles.